The zero-order valence-electron chi connectivity index (χ0n) is 10.6. The average Bonchev–Trinajstić information content (AvgIpc) is 2.47. The van der Waals surface area contributed by atoms with E-state index in [1.165, 1.54) is 0 Å². The molecule has 98 valence electrons. The van der Waals surface area contributed by atoms with Crippen molar-refractivity contribution in [2.75, 3.05) is 0 Å². The molecule has 4 heteroatoms. The zero-order chi connectivity index (χ0) is 13.9. The van der Waals surface area contributed by atoms with Gasteiger partial charge in [-0.15, -0.1) is 0 Å². The van der Waals surface area contributed by atoms with Crippen LogP contribution in [0.25, 0.3) is 23.1 Å². The first-order valence-electron chi connectivity index (χ1n) is 6.18. The van der Waals surface area contributed by atoms with Gasteiger partial charge >= 0.3 is 0 Å². The largest absolute Gasteiger partial charge is 0.508 e. The molecular formula is C16H12N2O2. The van der Waals surface area contributed by atoms with Crippen LogP contribution >= 0.6 is 0 Å². The van der Waals surface area contributed by atoms with Crippen molar-refractivity contribution in [2.24, 2.45) is 0 Å². The van der Waals surface area contributed by atoms with Gasteiger partial charge in [-0.1, -0.05) is 30.3 Å². The standard InChI is InChI=1S/C16H12N2O2/c19-12-8-5-11(6-9-12)7-10-15-17-14-4-2-1-3-13(14)16(20)18-15/h1-10,19H,(H,17,18,20)/b10-7+. The number of hydrogen-bond donors (Lipinski definition) is 2. The Labute approximate surface area is 115 Å². The third-order valence-electron chi connectivity index (χ3n) is 2.96. The summed E-state index contributed by atoms with van der Waals surface area (Å²) in [5.41, 5.74) is 1.43. The topological polar surface area (TPSA) is 66.0 Å². The van der Waals surface area contributed by atoms with Gasteiger partial charge in [0.05, 0.1) is 10.9 Å². The van der Waals surface area contributed by atoms with Crippen molar-refractivity contribution in [3.05, 3.63) is 70.3 Å². The predicted octanol–water partition coefficient (Wildman–Crippen LogP) is 2.80. The van der Waals surface area contributed by atoms with Gasteiger partial charge in [-0.05, 0) is 35.9 Å². The molecule has 0 aliphatic rings. The van der Waals surface area contributed by atoms with Crippen LogP contribution in [-0.4, -0.2) is 15.1 Å². The van der Waals surface area contributed by atoms with Gasteiger partial charge in [-0.2, -0.15) is 0 Å². The normalized spacial score (nSPS) is 11.2. The fraction of sp³-hybridized carbons (Fsp3) is 0. The van der Waals surface area contributed by atoms with Gasteiger partial charge in [0.1, 0.15) is 11.6 Å². The second-order valence-corrected chi connectivity index (χ2v) is 4.39. The highest BCUT2D eigenvalue weighted by Crippen LogP contribution is 2.12. The fourth-order valence-corrected chi connectivity index (χ4v) is 1.94. The molecule has 0 atom stereocenters. The van der Waals surface area contributed by atoms with Crippen LogP contribution in [0.1, 0.15) is 11.4 Å². The fourth-order valence-electron chi connectivity index (χ4n) is 1.94. The van der Waals surface area contributed by atoms with Gasteiger partial charge in [-0.3, -0.25) is 4.79 Å². The maximum atomic E-state index is 11.9. The van der Waals surface area contributed by atoms with Crippen molar-refractivity contribution < 1.29 is 5.11 Å². The molecule has 0 fully saturated rings. The quantitative estimate of drug-likeness (QED) is 0.748. The summed E-state index contributed by atoms with van der Waals surface area (Å²) in [5.74, 6) is 0.723. The molecule has 0 aliphatic heterocycles. The molecule has 2 aromatic carbocycles. The zero-order valence-corrected chi connectivity index (χ0v) is 10.6. The van der Waals surface area contributed by atoms with Crippen LogP contribution in [0.2, 0.25) is 0 Å². The van der Waals surface area contributed by atoms with Crippen LogP contribution in [-0.2, 0) is 0 Å². The van der Waals surface area contributed by atoms with E-state index in [0.29, 0.717) is 16.7 Å². The number of nitrogens with zero attached hydrogens (tertiary/aromatic N) is 1. The molecular weight excluding hydrogens is 252 g/mol. The summed E-state index contributed by atoms with van der Waals surface area (Å²) < 4.78 is 0. The maximum Gasteiger partial charge on any atom is 0.259 e. The first-order chi connectivity index (χ1) is 9.72. The summed E-state index contributed by atoms with van der Waals surface area (Å²) in [5, 5.41) is 9.79. The Kier molecular flexibility index (Phi) is 3.05. The average molecular weight is 264 g/mol. The van der Waals surface area contributed by atoms with E-state index in [2.05, 4.69) is 9.97 Å². The van der Waals surface area contributed by atoms with Crippen LogP contribution in [0.4, 0.5) is 0 Å². The van der Waals surface area contributed by atoms with Crippen molar-refractivity contribution in [3.8, 4) is 5.75 Å². The lowest BCUT2D eigenvalue weighted by molar-refractivity contribution is 0.475. The minimum absolute atomic E-state index is 0.152. The first-order valence-corrected chi connectivity index (χ1v) is 6.18. The molecule has 0 saturated carbocycles. The lowest BCUT2D eigenvalue weighted by Crippen LogP contribution is -2.09. The van der Waals surface area contributed by atoms with E-state index in [1.54, 1.807) is 36.4 Å². The Bertz CT molecular complexity index is 833. The highest BCUT2D eigenvalue weighted by atomic mass is 16.3. The van der Waals surface area contributed by atoms with E-state index in [1.807, 2.05) is 24.3 Å². The molecule has 0 unspecified atom stereocenters. The van der Waals surface area contributed by atoms with Gasteiger partial charge in [0, 0.05) is 0 Å². The highest BCUT2D eigenvalue weighted by Gasteiger charge is 2.00. The van der Waals surface area contributed by atoms with Crippen LogP contribution in [0.5, 0.6) is 5.75 Å². The molecule has 0 radical (unpaired) electrons. The number of aromatic nitrogens is 2. The molecule has 0 saturated heterocycles. The third kappa shape index (κ3) is 2.44. The number of hydrogen-bond acceptors (Lipinski definition) is 3. The maximum absolute atomic E-state index is 11.9. The van der Waals surface area contributed by atoms with Crippen LogP contribution in [0.3, 0.4) is 0 Å². The van der Waals surface area contributed by atoms with Gasteiger partial charge in [0.25, 0.3) is 5.56 Å². The van der Waals surface area contributed by atoms with Crippen LogP contribution in [0, 0.1) is 0 Å². The molecule has 3 aromatic rings. The second kappa shape index (κ2) is 5.01. The van der Waals surface area contributed by atoms with Crippen LogP contribution < -0.4 is 5.56 Å². The Morgan fingerprint density at radius 1 is 1.00 bits per heavy atom. The van der Waals surface area contributed by atoms with Crippen LogP contribution in [0.15, 0.2) is 53.3 Å². The number of aromatic amines is 1. The monoisotopic (exact) mass is 264 g/mol. The van der Waals surface area contributed by atoms with Crippen molar-refractivity contribution in [1.29, 1.82) is 0 Å². The number of nitrogens with one attached hydrogen (secondary N) is 1. The van der Waals surface area contributed by atoms with E-state index < -0.39 is 0 Å². The van der Waals surface area contributed by atoms with Gasteiger partial charge < -0.3 is 10.1 Å². The van der Waals surface area contributed by atoms with E-state index in [-0.39, 0.29) is 11.3 Å². The third-order valence-corrected chi connectivity index (χ3v) is 2.96. The van der Waals surface area contributed by atoms with Crippen molar-refractivity contribution >= 4 is 23.1 Å². The molecule has 1 heterocycles. The second-order valence-electron chi connectivity index (χ2n) is 4.39. The Hall–Kier alpha value is -2.88. The summed E-state index contributed by atoms with van der Waals surface area (Å²) in [4.78, 5) is 19.0. The van der Waals surface area contributed by atoms with Gasteiger partial charge in [-0.25, -0.2) is 4.98 Å². The van der Waals surface area contributed by atoms with E-state index in [9.17, 15) is 9.90 Å². The van der Waals surface area contributed by atoms with E-state index in [0.717, 1.165) is 5.56 Å². The number of benzene rings is 2. The Morgan fingerprint density at radius 3 is 2.55 bits per heavy atom. The van der Waals surface area contributed by atoms with Gasteiger partial charge in [0.15, 0.2) is 0 Å². The number of phenols is 1. The number of rotatable bonds is 2. The summed E-state index contributed by atoms with van der Waals surface area (Å²) >= 11 is 0. The minimum Gasteiger partial charge on any atom is -0.508 e. The molecule has 2 N–H and O–H groups in total. The number of fused-ring (bicyclic) bond motifs is 1. The summed E-state index contributed by atoms with van der Waals surface area (Å²) in [6, 6.07) is 14.0. The summed E-state index contributed by atoms with van der Waals surface area (Å²) in [6.07, 6.45) is 3.56. The number of aromatic hydroxyl groups is 1. The van der Waals surface area contributed by atoms with Gasteiger partial charge in [0.2, 0.25) is 0 Å². The van der Waals surface area contributed by atoms with Crippen molar-refractivity contribution in [1.82, 2.24) is 9.97 Å². The predicted molar refractivity (Wildman–Crippen MR) is 79.4 cm³/mol. The molecule has 0 aliphatic carbocycles. The van der Waals surface area contributed by atoms with Crippen molar-refractivity contribution in [2.45, 2.75) is 0 Å². The molecule has 0 spiro atoms. The summed E-state index contributed by atoms with van der Waals surface area (Å²) in [7, 11) is 0. The first kappa shape index (κ1) is 12.2. The Morgan fingerprint density at radius 2 is 1.75 bits per heavy atom. The minimum atomic E-state index is -0.152. The van der Waals surface area contributed by atoms with Crippen molar-refractivity contribution in [3.63, 3.8) is 0 Å². The Balaban J connectivity index is 1.98. The summed E-state index contributed by atoms with van der Waals surface area (Å²) in [6.45, 7) is 0. The lowest BCUT2D eigenvalue weighted by atomic mass is 10.2. The molecule has 1 aromatic heterocycles. The molecule has 0 bridgehead atoms. The lowest BCUT2D eigenvalue weighted by Gasteiger charge is -1.98. The SMILES string of the molecule is O=c1[nH]c(/C=C/c2ccc(O)cc2)nc2ccccc12. The molecule has 4 nitrogen and oxygen atoms in total. The number of para-hydroxylation sites is 1. The van der Waals surface area contributed by atoms with E-state index in [4.69, 9.17) is 0 Å². The number of phenolic OH excluding ortho intramolecular Hbond substituents is 1. The molecule has 0 amide bonds. The smallest absolute Gasteiger partial charge is 0.259 e. The highest BCUT2D eigenvalue weighted by molar-refractivity contribution is 5.78. The van der Waals surface area contributed by atoms with E-state index >= 15 is 0 Å². The molecule has 20 heavy (non-hydrogen) atoms. The molecule has 3 rings (SSSR count). The number of H-pyrrole nitrogens is 1.